The highest BCUT2D eigenvalue weighted by atomic mass is 16.5. The Hall–Kier alpha value is -2.18. The Morgan fingerprint density at radius 1 is 0.350 bits per heavy atom. The summed E-state index contributed by atoms with van der Waals surface area (Å²) in [5.41, 5.74) is 0. The van der Waals surface area contributed by atoms with Gasteiger partial charge >= 0.3 is 5.97 Å². The maximum atomic E-state index is 12.4. The van der Waals surface area contributed by atoms with Gasteiger partial charge in [0, 0.05) is 12.8 Å². The highest BCUT2D eigenvalue weighted by molar-refractivity contribution is 5.76. The molecule has 3 N–H and O–H groups in total. The summed E-state index contributed by atoms with van der Waals surface area (Å²) >= 11 is 0. The summed E-state index contributed by atoms with van der Waals surface area (Å²) in [5.74, 6) is -0.0274. The molecule has 0 aliphatic carbocycles. The van der Waals surface area contributed by atoms with E-state index in [1.54, 1.807) is 0 Å². The van der Waals surface area contributed by atoms with E-state index in [0.717, 1.165) is 57.8 Å². The first kappa shape index (κ1) is 77.8. The molecule has 0 rings (SSSR count). The lowest BCUT2D eigenvalue weighted by Crippen LogP contribution is -2.45. The summed E-state index contributed by atoms with van der Waals surface area (Å²) in [5, 5.41) is 23.2. The molecule has 0 saturated heterocycles. The number of carbonyl (C=O) groups is 2. The number of hydrogen-bond donors (Lipinski definition) is 3. The van der Waals surface area contributed by atoms with Gasteiger partial charge in [-0.1, -0.05) is 332 Å². The van der Waals surface area contributed by atoms with E-state index < -0.39 is 12.1 Å². The number of aliphatic hydroxyl groups excluding tert-OH is 2. The van der Waals surface area contributed by atoms with Crippen LogP contribution >= 0.6 is 0 Å². The zero-order valence-electron chi connectivity index (χ0n) is 53.8. The number of allylic oxidation sites excluding steroid dienone is 8. The average molecular weight is 1120 g/mol. The minimum Gasteiger partial charge on any atom is -0.466 e. The lowest BCUT2D eigenvalue weighted by atomic mass is 10.0. The van der Waals surface area contributed by atoms with Crippen molar-refractivity contribution in [2.45, 2.75) is 398 Å². The van der Waals surface area contributed by atoms with Gasteiger partial charge in [0.15, 0.2) is 0 Å². The molecule has 0 aromatic heterocycles. The Morgan fingerprint density at radius 2 is 0.625 bits per heavy atom. The van der Waals surface area contributed by atoms with Crippen molar-refractivity contribution < 1.29 is 24.5 Å². The lowest BCUT2D eigenvalue weighted by molar-refractivity contribution is -0.143. The second kappa shape index (κ2) is 69.3. The summed E-state index contributed by atoms with van der Waals surface area (Å²) in [6.45, 7) is 4.94. The molecule has 470 valence electrons. The second-order valence-electron chi connectivity index (χ2n) is 24.6. The molecule has 6 nitrogen and oxygen atoms in total. The van der Waals surface area contributed by atoms with Crippen molar-refractivity contribution in [3.05, 3.63) is 48.6 Å². The molecule has 0 aliphatic rings. The zero-order valence-corrected chi connectivity index (χ0v) is 53.8. The van der Waals surface area contributed by atoms with E-state index in [-0.39, 0.29) is 18.5 Å². The number of amides is 1. The van der Waals surface area contributed by atoms with Crippen molar-refractivity contribution >= 4 is 11.9 Å². The van der Waals surface area contributed by atoms with Gasteiger partial charge in [0.25, 0.3) is 0 Å². The van der Waals surface area contributed by atoms with Crippen LogP contribution < -0.4 is 5.32 Å². The fourth-order valence-electron chi connectivity index (χ4n) is 11.1. The third-order valence-corrected chi connectivity index (χ3v) is 16.6. The lowest BCUT2D eigenvalue weighted by Gasteiger charge is -2.22. The number of aliphatic hydroxyl groups is 2. The van der Waals surface area contributed by atoms with E-state index in [0.29, 0.717) is 25.9 Å². The van der Waals surface area contributed by atoms with Crippen molar-refractivity contribution in [2.24, 2.45) is 0 Å². The smallest absolute Gasteiger partial charge is 0.305 e. The molecule has 0 spiro atoms. The highest BCUT2D eigenvalue weighted by Crippen LogP contribution is 2.18. The highest BCUT2D eigenvalue weighted by Gasteiger charge is 2.20. The summed E-state index contributed by atoms with van der Waals surface area (Å²) in [6.07, 6.45) is 90.4. The molecule has 0 saturated carbocycles. The molecule has 2 unspecified atom stereocenters. The van der Waals surface area contributed by atoms with E-state index in [2.05, 4.69) is 67.8 Å². The number of hydrogen-bond acceptors (Lipinski definition) is 5. The van der Waals surface area contributed by atoms with Crippen molar-refractivity contribution in [1.82, 2.24) is 5.32 Å². The fourth-order valence-corrected chi connectivity index (χ4v) is 11.1. The molecule has 6 heteroatoms. The van der Waals surface area contributed by atoms with E-state index >= 15 is 0 Å². The van der Waals surface area contributed by atoms with Crippen molar-refractivity contribution in [3.63, 3.8) is 0 Å². The third kappa shape index (κ3) is 65.0. The van der Waals surface area contributed by atoms with Gasteiger partial charge in [-0.3, -0.25) is 9.59 Å². The van der Waals surface area contributed by atoms with E-state index in [4.69, 9.17) is 4.74 Å². The first-order valence-electron chi connectivity index (χ1n) is 35.9. The molecule has 2 atom stereocenters. The molecule has 80 heavy (non-hydrogen) atoms. The SMILES string of the molecule is CCCCCC/C=C\C/C=C\CCCCCCCC(=O)OCCCCCCCCCCCCCCC/C=C\C/C=C\CCCCCCCCCCCCCCCCCCCC(=O)NC(CO)C(O)CCCCCCCCCCCC. The number of rotatable bonds is 67. The van der Waals surface area contributed by atoms with Crippen LogP contribution in [-0.4, -0.2) is 47.4 Å². The fraction of sp³-hybridized carbons (Fsp3) is 0.865. The Balaban J connectivity index is 3.34. The van der Waals surface area contributed by atoms with E-state index in [1.807, 2.05) is 0 Å². The number of unbranched alkanes of at least 4 members (excludes halogenated alkanes) is 48. The average Bonchev–Trinajstić information content (AvgIpc) is 3.46. The van der Waals surface area contributed by atoms with Gasteiger partial charge in [-0.25, -0.2) is 0 Å². The van der Waals surface area contributed by atoms with Crippen molar-refractivity contribution in [2.75, 3.05) is 13.2 Å². The predicted octanol–water partition coefficient (Wildman–Crippen LogP) is 23.3. The van der Waals surface area contributed by atoms with Crippen LogP contribution in [0.1, 0.15) is 386 Å². The van der Waals surface area contributed by atoms with Crippen molar-refractivity contribution in [3.8, 4) is 0 Å². The van der Waals surface area contributed by atoms with Gasteiger partial charge in [0.05, 0.1) is 25.4 Å². The maximum Gasteiger partial charge on any atom is 0.305 e. The minimum atomic E-state index is -0.661. The maximum absolute atomic E-state index is 12.4. The normalized spacial score (nSPS) is 12.8. The van der Waals surface area contributed by atoms with Crippen LogP contribution in [0.5, 0.6) is 0 Å². The molecule has 0 heterocycles. The third-order valence-electron chi connectivity index (χ3n) is 16.6. The van der Waals surface area contributed by atoms with Crippen LogP contribution in [0, 0.1) is 0 Å². The zero-order chi connectivity index (χ0) is 57.8. The van der Waals surface area contributed by atoms with Crippen LogP contribution in [0.3, 0.4) is 0 Å². The standard InChI is InChI=1S/C74H139NO5/c1-3-5-7-9-11-13-15-16-17-42-45-48-52-56-60-64-68-74(79)80-69-65-61-57-53-49-46-43-40-38-36-34-32-30-28-26-24-22-20-18-19-21-23-25-27-29-31-33-35-37-39-41-44-47-51-55-59-63-67-73(78)75-71(70-76)72(77)66-62-58-54-50-14-12-10-8-6-4-2/h13,15,17-18,20,24,26,42,71-72,76-77H,3-12,14,16,19,21-23,25,27-41,43-70H2,1-2H3,(H,75,78)/b15-13-,20-18-,26-24-,42-17-. The number of ether oxygens (including phenoxy) is 1. The van der Waals surface area contributed by atoms with Crippen LogP contribution in [-0.2, 0) is 14.3 Å². The molecular formula is C74H139NO5. The second-order valence-corrected chi connectivity index (χ2v) is 24.6. The Labute approximate surface area is 499 Å². The van der Waals surface area contributed by atoms with Crippen LogP contribution in [0.2, 0.25) is 0 Å². The molecule has 0 aromatic carbocycles. The first-order valence-corrected chi connectivity index (χ1v) is 35.9. The van der Waals surface area contributed by atoms with Crippen LogP contribution in [0.4, 0.5) is 0 Å². The summed E-state index contributed by atoms with van der Waals surface area (Å²) < 4.78 is 5.49. The van der Waals surface area contributed by atoms with Gasteiger partial charge in [0.1, 0.15) is 0 Å². The summed E-state index contributed by atoms with van der Waals surface area (Å²) in [6, 6.07) is -0.538. The molecule has 0 radical (unpaired) electrons. The monoisotopic (exact) mass is 1120 g/mol. The number of esters is 1. The first-order chi connectivity index (χ1) is 39.5. The van der Waals surface area contributed by atoms with Gasteiger partial charge in [-0.2, -0.15) is 0 Å². The van der Waals surface area contributed by atoms with Crippen LogP contribution in [0.15, 0.2) is 48.6 Å². The van der Waals surface area contributed by atoms with E-state index in [1.165, 1.54) is 295 Å². The summed E-state index contributed by atoms with van der Waals surface area (Å²) in [4.78, 5) is 24.5. The Morgan fingerprint density at radius 3 is 0.963 bits per heavy atom. The van der Waals surface area contributed by atoms with Crippen molar-refractivity contribution in [1.29, 1.82) is 0 Å². The van der Waals surface area contributed by atoms with Gasteiger partial charge < -0.3 is 20.3 Å². The summed E-state index contributed by atoms with van der Waals surface area (Å²) in [7, 11) is 0. The van der Waals surface area contributed by atoms with Gasteiger partial charge in [0.2, 0.25) is 5.91 Å². The molecule has 0 aromatic rings. The quantitative estimate of drug-likeness (QED) is 0.0320. The predicted molar refractivity (Wildman–Crippen MR) is 352 cm³/mol. The number of nitrogens with one attached hydrogen (secondary N) is 1. The Bertz CT molecular complexity index is 1340. The minimum absolute atomic E-state index is 0.00527. The van der Waals surface area contributed by atoms with Crippen LogP contribution in [0.25, 0.3) is 0 Å². The molecular weight excluding hydrogens is 983 g/mol. The topological polar surface area (TPSA) is 95.9 Å². The molecule has 0 fully saturated rings. The molecule has 0 bridgehead atoms. The largest absolute Gasteiger partial charge is 0.466 e. The number of carbonyl (C=O) groups excluding carboxylic acids is 2. The van der Waals surface area contributed by atoms with Gasteiger partial charge in [-0.05, 0) is 89.9 Å². The molecule has 0 aliphatic heterocycles. The molecule has 1 amide bonds. The van der Waals surface area contributed by atoms with E-state index in [9.17, 15) is 19.8 Å². The Kier molecular flexibility index (Phi) is 67.4. The van der Waals surface area contributed by atoms with Gasteiger partial charge in [-0.15, -0.1) is 0 Å².